The van der Waals surface area contributed by atoms with Gasteiger partial charge < -0.3 is 14.5 Å². The molecule has 3 rings (SSSR count). The highest BCUT2D eigenvalue weighted by Crippen LogP contribution is 2.28. The summed E-state index contributed by atoms with van der Waals surface area (Å²) in [6.45, 7) is 5.35. The number of methoxy groups -OCH3 is 1. The molecule has 0 aliphatic rings. The van der Waals surface area contributed by atoms with Crippen LogP contribution in [0, 0.1) is 5.92 Å². The summed E-state index contributed by atoms with van der Waals surface area (Å²) in [5.41, 5.74) is 0.615. The Morgan fingerprint density at radius 2 is 1.93 bits per heavy atom. The van der Waals surface area contributed by atoms with Crippen LogP contribution < -0.4 is 16.0 Å². The second-order valence-electron chi connectivity index (χ2n) is 6.77. The Balaban J connectivity index is 2.17. The number of nitrogens with zero attached hydrogens (tertiary/aromatic N) is 3. The molecule has 0 fully saturated rings. The number of rotatable bonds is 7. The van der Waals surface area contributed by atoms with E-state index in [1.165, 1.54) is 11.6 Å². The van der Waals surface area contributed by atoms with Crippen molar-refractivity contribution in [3.8, 4) is 17.1 Å². The predicted octanol–water partition coefficient (Wildman–Crippen LogP) is 1.77. The van der Waals surface area contributed by atoms with E-state index in [1.54, 1.807) is 7.11 Å². The van der Waals surface area contributed by atoms with E-state index < -0.39 is 5.56 Å². The number of imidazole rings is 1. The summed E-state index contributed by atoms with van der Waals surface area (Å²) >= 11 is 0. The van der Waals surface area contributed by atoms with Crippen molar-refractivity contribution in [3.05, 3.63) is 45.1 Å². The molecule has 2 aromatic heterocycles. The lowest BCUT2D eigenvalue weighted by atomic mass is 10.2. The van der Waals surface area contributed by atoms with E-state index in [1.807, 2.05) is 38.1 Å². The molecule has 1 aromatic carbocycles. The van der Waals surface area contributed by atoms with E-state index >= 15 is 0 Å². The Morgan fingerprint density at radius 3 is 2.63 bits per heavy atom. The molecule has 0 aliphatic carbocycles. The summed E-state index contributed by atoms with van der Waals surface area (Å²) in [7, 11) is 3.08. The van der Waals surface area contributed by atoms with Crippen LogP contribution in [0.4, 0.5) is 0 Å². The highest BCUT2D eigenvalue weighted by molar-refractivity contribution is 5.77. The zero-order chi connectivity index (χ0) is 19.6. The van der Waals surface area contributed by atoms with Crippen molar-refractivity contribution in [1.29, 1.82) is 0 Å². The first kappa shape index (κ1) is 18.9. The lowest BCUT2D eigenvalue weighted by Gasteiger charge is -2.10. The van der Waals surface area contributed by atoms with Gasteiger partial charge in [-0.15, -0.1) is 0 Å². The fraction of sp³-hybridized carbons (Fsp3) is 0.421. The van der Waals surface area contributed by atoms with E-state index in [0.29, 0.717) is 42.5 Å². The zero-order valence-corrected chi connectivity index (χ0v) is 16.0. The number of para-hydroxylation sites is 1. The molecule has 144 valence electrons. The lowest BCUT2D eigenvalue weighted by molar-refractivity contribution is 0.146. The summed E-state index contributed by atoms with van der Waals surface area (Å²) in [6, 6.07) is 7.42. The van der Waals surface area contributed by atoms with Crippen molar-refractivity contribution in [2.24, 2.45) is 13.0 Å². The molecule has 0 saturated carbocycles. The van der Waals surface area contributed by atoms with Gasteiger partial charge in [0.1, 0.15) is 23.7 Å². The van der Waals surface area contributed by atoms with Gasteiger partial charge in [-0.3, -0.25) is 13.9 Å². The van der Waals surface area contributed by atoms with Crippen molar-refractivity contribution in [1.82, 2.24) is 19.1 Å². The SMILES string of the molecule is COCCOc1ccccc1-c1nc2c([nH]1)c(=O)n(C)c(=O)n2CC(C)C. The Labute approximate surface area is 156 Å². The van der Waals surface area contributed by atoms with Crippen molar-refractivity contribution in [2.45, 2.75) is 20.4 Å². The monoisotopic (exact) mass is 372 g/mol. The van der Waals surface area contributed by atoms with E-state index in [9.17, 15) is 9.59 Å². The van der Waals surface area contributed by atoms with Crippen LogP contribution >= 0.6 is 0 Å². The van der Waals surface area contributed by atoms with E-state index in [-0.39, 0.29) is 11.6 Å². The molecule has 2 heterocycles. The maximum absolute atomic E-state index is 12.6. The van der Waals surface area contributed by atoms with Crippen LogP contribution in [-0.2, 0) is 18.3 Å². The number of benzene rings is 1. The lowest BCUT2D eigenvalue weighted by Crippen LogP contribution is -2.38. The molecular weight excluding hydrogens is 348 g/mol. The molecule has 27 heavy (non-hydrogen) atoms. The quantitative estimate of drug-likeness (QED) is 0.638. The number of aromatic amines is 1. The van der Waals surface area contributed by atoms with Crippen LogP contribution in [0.25, 0.3) is 22.6 Å². The number of fused-ring (bicyclic) bond motifs is 1. The molecule has 0 aliphatic heterocycles. The average Bonchev–Trinajstić information content (AvgIpc) is 3.09. The van der Waals surface area contributed by atoms with Gasteiger partial charge in [0.25, 0.3) is 5.56 Å². The van der Waals surface area contributed by atoms with Crippen LogP contribution in [0.3, 0.4) is 0 Å². The third-order valence-corrected chi connectivity index (χ3v) is 4.21. The maximum atomic E-state index is 12.6. The molecule has 0 spiro atoms. The van der Waals surface area contributed by atoms with Crippen LogP contribution in [0.15, 0.2) is 33.9 Å². The van der Waals surface area contributed by atoms with Gasteiger partial charge in [0.2, 0.25) is 0 Å². The van der Waals surface area contributed by atoms with Gasteiger partial charge in [-0.05, 0) is 18.1 Å². The third-order valence-electron chi connectivity index (χ3n) is 4.21. The van der Waals surface area contributed by atoms with Gasteiger partial charge in [-0.25, -0.2) is 9.78 Å². The first-order chi connectivity index (χ1) is 12.9. The van der Waals surface area contributed by atoms with Gasteiger partial charge in [0, 0.05) is 20.7 Å². The Hall–Kier alpha value is -2.87. The molecule has 8 nitrogen and oxygen atoms in total. The minimum absolute atomic E-state index is 0.230. The number of ether oxygens (including phenoxy) is 2. The number of nitrogens with one attached hydrogen (secondary N) is 1. The van der Waals surface area contributed by atoms with Crippen LogP contribution in [0.5, 0.6) is 5.75 Å². The minimum atomic E-state index is -0.397. The van der Waals surface area contributed by atoms with Gasteiger partial charge in [0.15, 0.2) is 5.65 Å². The molecule has 3 aromatic rings. The highest BCUT2D eigenvalue weighted by atomic mass is 16.5. The first-order valence-electron chi connectivity index (χ1n) is 8.84. The number of hydrogen-bond acceptors (Lipinski definition) is 5. The zero-order valence-electron chi connectivity index (χ0n) is 16.0. The average molecular weight is 372 g/mol. The van der Waals surface area contributed by atoms with Crippen molar-refractivity contribution in [3.63, 3.8) is 0 Å². The van der Waals surface area contributed by atoms with Crippen molar-refractivity contribution >= 4 is 11.2 Å². The standard InChI is InChI=1S/C19H24N4O4/c1-12(2)11-23-17-15(18(24)22(3)19(23)25)20-16(21-17)13-7-5-6-8-14(13)27-10-9-26-4/h5-8,12H,9-11H2,1-4H3,(H,20,21). The number of hydrogen-bond donors (Lipinski definition) is 1. The predicted molar refractivity (Wildman–Crippen MR) is 103 cm³/mol. The molecule has 0 atom stereocenters. The largest absolute Gasteiger partial charge is 0.490 e. The highest BCUT2D eigenvalue weighted by Gasteiger charge is 2.18. The fourth-order valence-corrected chi connectivity index (χ4v) is 2.92. The van der Waals surface area contributed by atoms with E-state index in [2.05, 4.69) is 9.97 Å². The molecule has 1 N–H and O–H groups in total. The first-order valence-corrected chi connectivity index (χ1v) is 8.84. The maximum Gasteiger partial charge on any atom is 0.332 e. The summed E-state index contributed by atoms with van der Waals surface area (Å²) in [6.07, 6.45) is 0. The van der Waals surface area contributed by atoms with Gasteiger partial charge in [-0.2, -0.15) is 0 Å². The third kappa shape index (κ3) is 3.66. The van der Waals surface area contributed by atoms with Gasteiger partial charge in [-0.1, -0.05) is 26.0 Å². The number of aromatic nitrogens is 4. The Bertz CT molecular complexity index is 1060. The van der Waals surface area contributed by atoms with Crippen molar-refractivity contribution < 1.29 is 9.47 Å². The van der Waals surface area contributed by atoms with Crippen LogP contribution in [0.1, 0.15) is 13.8 Å². The molecular formula is C19H24N4O4. The van der Waals surface area contributed by atoms with Crippen LogP contribution in [0.2, 0.25) is 0 Å². The van der Waals surface area contributed by atoms with Crippen LogP contribution in [-0.4, -0.2) is 39.4 Å². The van der Waals surface area contributed by atoms with Gasteiger partial charge >= 0.3 is 5.69 Å². The van der Waals surface area contributed by atoms with Crippen molar-refractivity contribution in [2.75, 3.05) is 20.3 Å². The molecule has 0 saturated heterocycles. The summed E-state index contributed by atoms with van der Waals surface area (Å²) < 4.78 is 13.4. The van der Waals surface area contributed by atoms with E-state index in [0.717, 1.165) is 10.1 Å². The summed E-state index contributed by atoms with van der Waals surface area (Å²) in [5, 5.41) is 0. The Morgan fingerprint density at radius 1 is 1.19 bits per heavy atom. The molecule has 8 heteroatoms. The smallest absolute Gasteiger partial charge is 0.332 e. The Kier molecular flexibility index (Phi) is 5.46. The fourth-order valence-electron chi connectivity index (χ4n) is 2.92. The normalized spacial score (nSPS) is 11.4. The molecule has 0 unspecified atom stereocenters. The van der Waals surface area contributed by atoms with Gasteiger partial charge in [0.05, 0.1) is 12.2 Å². The second kappa shape index (κ2) is 7.79. The summed E-state index contributed by atoms with van der Waals surface area (Å²) in [5.74, 6) is 1.34. The second-order valence-corrected chi connectivity index (χ2v) is 6.77. The molecule has 0 radical (unpaired) electrons. The van der Waals surface area contributed by atoms with E-state index in [4.69, 9.17) is 9.47 Å². The summed E-state index contributed by atoms with van der Waals surface area (Å²) in [4.78, 5) is 32.8. The number of H-pyrrole nitrogens is 1. The molecule has 0 bridgehead atoms. The molecule has 0 amide bonds. The topological polar surface area (TPSA) is 91.1 Å². The minimum Gasteiger partial charge on any atom is -0.490 e.